The molecule has 9 rings (SSSR count). The summed E-state index contributed by atoms with van der Waals surface area (Å²) < 4.78 is 0. The number of benzene rings is 8. The van der Waals surface area contributed by atoms with Crippen LogP contribution in [-0.2, 0) is 0 Å². The van der Waals surface area contributed by atoms with E-state index in [1.165, 1.54) is 66.8 Å². The molecule has 0 N–H and O–H groups in total. The standard InChI is InChI=1S/C52H36Cl4/c53-45-21-13-33(14-22-45)49-37-5-1-6-38(29-37)50(34-15-23-46(54)24-16-34)40-8-3-10-42(31-40)52(36-19-27-48(56)28-20-36)44-12-4-11-43(32-44)51(35-17-25-47(55)26-18-35)41-9-2-7-39(49)30-41/h1-32,49-52H. The number of hydrogen-bond acceptors (Lipinski definition) is 0. The van der Waals surface area contributed by atoms with Crippen LogP contribution in [0.5, 0.6) is 0 Å². The van der Waals surface area contributed by atoms with E-state index in [1.54, 1.807) is 0 Å². The van der Waals surface area contributed by atoms with E-state index in [2.05, 4.69) is 146 Å². The van der Waals surface area contributed by atoms with E-state index in [0.717, 1.165) is 0 Å². The summed E-state index contributed by atoms with van der Waals surface area (Å²) in [6.07, 6.45) is 0. The summed E-state index contributed by atoms with van der Waals surface area (Å²) in [5.41, 5.74) is 14.3. The van der Waals surface area contributed by atoms with E-state index in [-0.39, 0.29) is 23.7 Å². The molecule has 0 unspecified atom stereocenters. The molecule has 0 amide bonds. The molecule has 0 fully saturated rings. The molecule has 0 heterocycles. The molecule has 0 radical (unpaired) electrons. The summed E-state index contributed by atoms with van der Waals surface area (Å²) in [6, 6.07) is 69.6. The van der Waals surface area contributed by atoms with Crippen LogP contribution >= 0.6 is 46.4 Å². The Morgan fingerprint density at radius 1 is 0.196 bits per heavy atom. The lowest BCUT2D eigenvalue weighted by Gasteiger charge is -2.27. The quantitative estimate of drug-likeness (QED) is 0.166. The average molecular weight is 803 g/mol. The van der Waals surface area contributed by atoms with Gasteiger partial charge in [0, 0.05) is 43.8 Å². The summed E-state index contributed by atoms with van der Waals surface area (Å²) in [5.74, 6) is -0.208. The van der Waals surface area contributed by atoms with E-state index in [9.17, 15) is 0 Å². The molecule has 1 aliphatic rings. The van der Waals surface area contributed by atoms with Crippen molar-refractivity contribution in [2.75, 3.05) is 0 Å². The van der Waals surface area contributed by atoms with Gasteiger partial charge in [0.15, 0.2) is 0 Å². The van der Waals surface area contributed by atoms with Crippen molar-refractivity contribution in [1.82, 2.24) is 0 Å². The van der Waals surface area contributed by atoms with Gasteiger partial charge in [-0.05, 0) is 115 Å². The van der Waals surface area contributed by atoms with Crippen LogP contribution in [0, 0.1) is 0 Å². The summed E-state index contributed by atoms with van der Waals surface area (Å²) in [6.45, 7) is 0. The number of fused-ring (bicyclic) bond motifs is 8. The van der Waals surface area contributed by atoms with Crippen molar-refractivity contribution >= 4 is 46.4 Å². The van der Waals surface area contributed by atoms with Crippen LogP contribution in [0.4, 0.5) is 0 Å². The third-order valence-corrected chi connectivity index (χ3v) is 12.1. The second-order valence-corrected chi connectivity index (χ2v) is 16.4. The zero-order valence-corrected chi connectivity index (χ0v) is 33.3. The first-order valence-electron chi connectivity index (χ1n) is 18.8. The van der Waals surface area contributed by atoms with Gasteiger partial charge in [0.1, 0.15) is 0 Å². The minimum Gasteiger partial charge on any atom is -0.0843 e. The van der Waals surface area contributed by atoms with Gasteiger partial charge in [-0.1, -0.05) is 192 Å². The predicted molar refractivity (Wildman–Crippen MR) is 235 cm³/mol. The molecule has 0 saturated heterocycles. The Morgan fingerprint density at radius 3 is 0.518 bits per heavy atom. The van der Waals surface area contributed by atoms with Crippen molar-refractivity contribution in [1.29, 1.82) is 0 Å². The maximum atomic E-state index is 6.48. The monoisotopic (exact) mass is 800 g/mol. The average Bonchev–Trinajstić information content (AvgIpc) is 3.22. The van der Waals surface area contributed by atoms with Gasteiger partial charge in [-0.15, -0.1) is 0 Å². The third-order valence-electron chi connectivity index (χ3n) is 11.1. The lowest BCUT2D eigenvalue weighted by atomic mass is 9.76. The topological polar surface area (TPSA) is 0 Å². The van der Waals surface area contributed by atoms with Gasteiger partial charge in [0.05, 0.1) is 0 Å². The summed E-state index contributed by atoms with van der Waals surface area (Å²) >= 11 is 25.9. The minimum absolute atomic E-state index is 0.0521. The van der Waals surface area contributed by atoms with Crippen molar-refractivity contribution in [3.8, 4) is 0 Å². The molecule has 4 heteroatoms. The molecule has 8 bridgehead atoms. The Kier molecular flexibility index (Phi) is 10.3. The third kappa shape index (κ3) is 7.43. The number of rotatable bonds is 4. The summed E-state index contributed by atoms with van der Waals surface area (Å²) in [5, 5.41) is 2.86. The van der Waals surface area contributed by atoms with Crippen LogP contribution in [0.1, 0.15) is 90.4 Å². The van der Waals surface area contributed by atoms with Crippen molar-refractivity contribution in [3.63, 3.8) is 0 Å². The van der Waals surface area contributed by atoms with E-state index in [1.807, 2.05) is 48.5 Å². The molecular formula is C52H36Cl4. The van der Waals surface area contributed by atoms with Crippen LogP contribution in [0.2, 0.25) is 20.1 Å². The normalized spacial score (nSPS) is 17.6. The predicted octanol–water partition coefficient (Wildman–Crippen LogP) is 15.3. The molecule has 56 heavy (non-hydrogen) atoms. The first kappa shape index (κ1) is 36.6. The largest absolute Gasteiger partial charge is 0.0843 e. The molecule has 1 aliphatic carbocycles. The molecule has 0 nitrogen and oxygen atoms in total. The lowest BCUT2D eigenvalue weighted by molar-refractivity contribution is 0.905. The van der Waals surface area contributed by atoms with Crippen LogP contribution in [0.3, 0.4) is 0 Å². The smallest absolute Gasteiger partial charge is 0.0406 e. The van der Waals surface area contributed by atoms with Gasteiger partial charge in [0.2, 0.25) is 0 Å². The summed E-state index contributed by atoms with van der Waals surface area (Å²) in [7, 11) is 0. The fraction of sp³-hybridized carbons (Fsp3) is 0.0769. The van der Waals surface area contributed by atoms with Gasteiger partial charge >= 0.3 is 0 Å². The van der Waals surface area contributed by atoms with Crippen molar-refractivity contribution in [2.45, 2.75) is 23.7 Å². The Bertz CT molecular complexity index is 2180. The van der Waals surface area contributed by atoms with Gasteiger partial charge in [-0.3, -0.25) is 0 Å². The summed E-state index contributed by atoms with van der Waals surface area (Å²) in [4.78, 5) is 0. The Labute approximate surface area is 348 Å². The van der Waals surface area contributed by atoms with Crippen LogP contribution in [0.15, 0.2) is 194 Å². The highest BCUT2D eigenvalue weighted by atomic mass is 35.5. The molecular weight excluding hydrogens is 766 g/mol. The molecule has 0 aliphatic heterocycles. The molecule has 0 spiro atoms. The van der Waals surface area contributed by atoms with E-state index in [0.29, 0.717) is 20.1 Å². The van der Waals surface area contributed by atoms with Gasteiger partial charge in [-0.25, -0.2) is 0 Å². The van der Waals surface area contributed by atoms with E-state index >= 15 is 0 Å². The van der Waals surface area contributed by atoms with Crippen LogP contribution in [0.25, 0.3) is 0 Å². The molecule has 8 aromatic carbocycles. The van der Waals surface area contributed by atoms with Crippen molar-refractivity contribution in [2.24, 2.45) is 0 Å². The highest BCUT2D eigenvalue weighted by molar-refractivity contribution is 6.31. The first-order valence-corrected chi connectivity index (χ1v) is 20.3. The van der Waals surface area contributed by atoms with Crippen LogP contribution in [-0.4, -0.2) is 0 Å². The highest BCUT2D eigenvalue weighted by Crippen LogP contribution is 2.43. The Morgan fingerprint density at radius 2 is 0.357 bits per heavy atom. The van der Waals surface area contributed by atoms with Gasteiger partial charge in [0.25, 0.3) is 0 Å². The Hall–Kier alpha value is -5.08. The second-order valence-electron chi connectivity index (χ2n) is 14.6. The van der Waals surface area contributed by atoms with Gasteiger partial charge < -0.3 is 0 Å². The molecule has 272 valence electrons. The van der Waals surface area contributed by atoms with Gasteiger partial charge in [-0.2, -0.15) is 0 Å². The zero-order chi connectivity index (χ0) is 38.2. The second kappa shape index (κ2) is 15.8. The van der Waals surface area contributed by atoms with Crippen LogP contribution < -0.4 is 0 Å². The molecule has 8 aromatic rings. The number of hydrogen-bond donors (Lipinski definition) is 0. The number of halogens is 4. The molecule has 0 atom stereocenters. The highest BCUT2D eigenvalue weighted by Gasteiger charge is 2.27. The van der Waals surface area contributed by atoms with Crippen molar-refractivity contribution in [3.05, 3.63) is 281 Å². The SMILES string of the molecule is Clc1ccc(C2c3cccc(c3)C(c3ccc(Cl)cc3)c3cccc(c3)C(c3ccc(Cl)cc3)c3cccc(c3)C(c3ccc(Cl)cc3)c3cccc2c3)cc1. The molecule has 0 aromatic heterocycles. The fourth-order valence-corrected chi connectivity index (χ4v) is 9.11. The fourth-order valence-electron chi connectivity index (χ4n) is 8.60. The van der Waals surface area contributed by atoms with E-state index in [4.69, 9.17) is 46.4 Å². The molecule has 0 saturated carbocycles. The maximum Gasteiger partial charge on any atom is 0.0406 e. The van der Waals surface area contributed by atoms with E-state index < -0.39 is 0 Å². The Balaban J connectivity index is 1.35. The zero-order valence-electron chi connectivity index (χ0n) is 30.3. The van der Waals surface area contributed by atoms with Crippen molar-refractivity contribution < 1.29 is 0 Å². The minimum atomic E-state index is -0.0521. The lowest BCUT2D eigenvalue weighted by Crippen LogP contribution is -2.11. The maximum absolute atomic E-state index is 6.48. The first-order chi connectivity index (χ1) is 27.4.